The maximum Gasteiger partial charge on any atom is 0.0228 e. The van der Waals surface area contributed by atoms with Gasteiger partial charge in [-0.1, -0.05) is 6.92 Å². The van der Waals surface area contributed by atoms with Crippen LogP contribution in [0.4, 0.5) is 0 Å². The molecule has 2 saturated heterocycles. The lowest BCUT2D eigenvalue weighted by atomic mass is 9.72. The monoisotopic (exact) mass is 226 g/mol. The fourth-order valence-corrected chi connectivity index (χ4v) is 3.06. The van der Waals surface area contributed by atoms with E-state index < -0.39 is 0 Å². The molecule has 2 N–H and O–H groups in total. The van der Waals surface area contributed by atoms with E-state index in [0.717, 1.165) is 6.54 Å². The standard InChI is InChI=1S/C12H26N4/c1-3-15-7-4-12(5-8-15)10-16(11-12)9-6-14-13-2/h13-14H,3-11H2,1-2H3. The van der Waals surface area contributed by atoms with Gasteiger partial charge in [0.1, 0.15) is 0 Å². The van der Waals surface area contributed by atoms with E-state index in [9.17, 15) is 0 Å². The van der Waals surface area contributed by atoms with E-state index in [1.807, 2.05) is 7.05 Å². The summed E-state index contributed by atoms with van der Waals surface area (Å²) in [5.74, 6) is 0. The Morgan fingerprint density at radius 2 is 1.81 bits per heavy atom. The van der Waals surface area contributed by atoms with E-state index in [1.54, 1.807) is 0 Å². The van der Waals surface area contributed by atoms with Gasteiger partial charge in [0.15, 0.2) is 0 Å². The van der Waals surface area contributed by atoms with Crippen LogP contribution in [0, 0.1) is 5.41 Å². The summed E-state index contributed by atoms with van der Waals surface area (Å²) in [6.07, 6.45) is 2.83. The Kier molecular flexibility index (Phi) is 4.19. The second-order valence-electron chi connectivity index (χ2n) is 5.32. The number of nitrogens with zero attached hydrogens (tertiary/aromatic N) is 2. The second kappa shape index (κ2) is 5.45. The van der Waals surface area contributed by atoms with Gasteiger partial charge in [0.05, 0.1) is 0 Å². The normalized spacial score (nSPS) is 25.9. The number of piperidine rings is 1. The Hall–Kier alpha value is -0.160. The molecule has 0 aromatic carbocycles. The average Bonchev–Trinajstić information content (AvgIpc) is 2.28. The highest BCUT2D eigenvalue weighted by Crippen LogP contribution is 2.39. The van der Waals surface area contributed by atoms with Crippen molar-refractivity contribution in [3.05, 3.63) is 0 Å². The molecule has 2 aliphatic heterocycles. The quantitative estimate of drug-likeness (QED) is 0.515. The van der Waals surface area contributed by atoms with Crippen LogP contribution >= 0.6 is 0 Å². The molecule has 2 aliphatic rings. The molecule has 0 aromatic rings. The van der Waals surface area contributed by atoms with Crippen LogP contribution in [0.3, 0.4) is 0 Å². The smallest absolute Gasteiger partial charge is 0.0228 e. The zero-order valence-electron chi connectivity index (χ0n) is 10.8. The Morgan fingerprint density at radius 3 is 2.38 bits per heavy atom. The van der Waals surface area contributed by atoms with Gasteiger partial charge in [-0.25, -0.2) is 0 Å². The number of hydrazine groups is 1. The summed E-state index contributed by atoms with van der Waals surface area (Å²) in [5.41, 5.74) is 6.81. The SMILES string of the molecule is CCN1CCC2(CC1)CN(CCNNC)C2. The predicted octanol–water partition coefficient (Wildman–Crippen LogP) is 0.128. The molecule has 2 heterocycles. The summed E-state index contributed by atoms with van der Waals surface area (Å²) in [6, 6.07) is 0. The molecule has 94 valence electrons. The number of nitrogens with one attached hydrogen (secondary N) is 2. The molecule has 4 heteroatoms. The van der Waals surface area contributed by atoms with Crippen LogP contribution in [0.2, 0.25) is 0 Å². The Morgan fingerprint density at radius 1 is 1.12 bits per heavy atom. The third-order valence-electron chi connectivity index (χ3n) is 4.21. The van der Waals surface area contributed by atoms with E-state index in [-0.39, 0.29) is 0 Å². The maximum atomic E-state index is 3.16. The van der Waals surface area contributed by atoms with Crippen LogP contribution in [0.1, 0.15) is 19.8 Å². The van der Waals surface area contributed by atoms with Crippen LogP contribution in [-0.2, 0) is 0 Å². The minimum absolute atomic E-state index is 0.686. The summed E-state index contributed by atoms with van der Waals surface area (Å²) in [7, 11) is 1.93. The summed E-state index contributed by atoms with van der Waals surface area (Å²) in [4.78, 5) is 5.16. The fourth-order valence-electron chi connectivity index (χ4n) is 3.06. The highest BCUT2D eigenvalue weighted by molar-refractivity contribution is 4.98. The minimum Gasteiger partial charge on any atom is -0.304 e. The zero-order chi connectivity index (χ0) is 11.4. The summed E-state index contributed by atoms with van der Waals surface area (Å²) in [6.45, 7) is 11.0. The van der Waals surface area contributed by atoms with Crippen LogP contribution < -0.4 is 10.9 Å². The van der Waals surface area contributed by atoms with Crippen molar-refractivity contribution in [2.45, 2.75) is 19.8 Å². The molecule has 0 radical (unpaired) electrons. The first kappa shape index (κ1) is 12.3. The fraction of sp³-hybridized carbons (Fsp3) is 1.00. The molecular weight excluding hydrogens is 200 g/mol. The van der Waals surface area contributed by atoms with Crippen LogP contribution in [0.25, 0.3) is 0 Å². The average molecular weight is 226 g/mol. The molecule has 0 unspecified atom stereocenters. The highest BCUT2D eigenvalue weighted by Gasteiger charge is 2.43. The molecule has 0 bridgehead atoms. The first-order chi connectivity index (χ1) is 7.78. The van der Waals surface area contributed by atoms with Crippen molar-refractivity contribution in [1.82, 2.24) is 20.7 Å². The second-order valence-corrected chi connectivity index (χ2v) is 5.32. The summed E-state index contributed by atoms with van der Waals surface area (Å²) >= 11 is 0. The molecule has 16 heavy (non-hydrogen) atoms. The van der Waals surface area contributed by atoms with Gasteiger partial charge < -0.3 is 9.80 Å². The van der Waals surface area contributed by atoms with Crippen molar-refractivity contribution < 1.29 is 0 Å². The Balaban J connectivity index is 1.63. The molecule has 0 aliphatic carbocycles. The molecule has 0 aromatic heterocycles. The van der Waals surface area contributed by atoms with Crippen molar-refractivity contribution in [1.29, 1.82) is 0 Å². The largest absolute Gasteiger partial charge is 0.304 e. The van der Waals surface area contributed by atoms with Crippen molar-refractivity contribution in [2.24, 2.45) is 5.41 Å². The van der Waals surface area contributed by atoms with Crippen molar-refractivity contribution in [3.8, 4) is 0 Å². The van der Waals surface area contributed by atoms with Gasteiger partial charge in [0.2, 0.25) is 0 Å². The first-order valence-corrected chi connectivity index (χ1v) is 6.62. The van der Waals surface area contributed by atoms with Crippen LogP contribution in [0.15, 0.2) is 0 Å². The molecule has 0 saturated carbocycles. The Labute approximate surface area is 99.3 Å². The third-order valence-corrected chi connectivity index (χ3v) is 4.21. The van der Waals surface area contributed by atoms with E-state index in [2.05, 4.69) is 27.6 Å². The topological polar surface area (TPSA) is 30.5 Å². The number of rotatable bonds is 5. The molecule has 0 amide bonds. The lowest BCUT2D eigenvalue weighted by Gasteiger charge is -2.54. The Bertz CT molecular complexity index is 203. The summed E-state index contributed by atoms with van der Waals surface area (Å²) < 4.78 is 0. The van der Waals surface area contributed by atoms with Crippen LogP contribution in [0.5, 0.6) is 0 Å². The van der Waals surface area contributed by atoms with E-state index >= 15 is 0 Å². The van der Waals surface area contributed by atoms with Gasteiger partial charge in [0.25, 0.3) is 0 Å². The lowest BCUT2D eigenvalue weighted by Crippen LogP contribution is -2.61. The molecule has 0 atom stereocenters. The van der Waals surface area contributed by atoms with Gasteiger partial charge in [-0.05, 0) is 44.9 Å². The molecular formula is C12H26N4. The predicted molar refractivity (Wildman–Crippen MR) is 67.3 cm³/mol. The molecule has 4 nitrogen and oxygen atoms in total. The van der Waals surface area contributed by atoms with Gasteiger partial charge in [-0.15, -0.1) is 0 Å². The number of likely N-dealkylation sites (tertiary alicyclic amines) is 2. The van der Waals surface area contributed by atoms with Gasteiger partial charge in [0, 0.05) is 26.2 Å². The molecule has 2 fully saturated rings. The van der Waals surface area contributed by atoms with Crippen molar-refractivity contribution in [2.75, 3.05) is 52.9 Å². The minimum atomic E-state index is 0.686. The van der Waals surface area contributed by atoms with Crippen LogP contribution in [-0.4, -0.2) is 62.7 Å². The first-order valence-electron chi connectivity index (χ1n) is 6.62. The van der Waals surface area contributed by atoms with E-state index in [0.29, 0.717) is 5.41 Å². The lowest BCUT2D eigenvalue weighted by molar-refractivity contribution is -0.0447. The van der Waals surface area contributed by atoms with E-state index in [4.69, 9.17) is 0 Å². The number of hydrogen-bond acceptors (Lipinski definition) is 4. The van der Waals surface area contributed by atoms with Gasteiger partial charge >= 0.3 is 0 Å². The van der Waals surface area contributed by atoms with Gasteiger partial charge in [-0.2, -0.15) is 0 Å². The van der Waals surface area contributed by atoms with E-state index in [1.165, 1.54) is 52.1 Å². The van der Waals surface area contributed by atoms with Crippen molar-refractivity contribution in [3.63, 3.8) is 0 Å². The number of hydrogen-bond donors (Lipinski definition) is 2. The third kappa shape index (κ3) is 2.74. The maximum absolute atomic E-state index is 3.16. The molecule has 2 rings (SSSR count). The van der Waals surface area contributed by atoms with Crippen molar-refractivity contribution >= 4 is 0 Å². The zero-order valence-corrected chi connectivity index (χ0v) is 10.8. The van der Waals surface area contributed by atoms with Gasteiger partial charge in [-0.3, -0.25) is 10.9 Å². The molecule has 1 spiro atoms. The highest BCUT2D eigenvalue weighted by atomic mass is 15.3. The summed E-state index contributed by atoms with van der Waals surface area (Å²) in [5, 5.41) is 0.